The van der Waals surface area contributed by atoms with Crippen LogP contribution in [-0.4, -0.2) is 14.5 Å². The molecule has 0 saturated heterocycles. The van der Waals surface area contributed by atoms with E-state index in [0.717, 1.165) is 11.0 Å². The van der Waals surface area contributed by atoms with Crippen LogP contribution in [0.2, 0.25) is 0 Å². The van der Waals surface area contributed by atoms with Crippen molar-refractivity contribution in [2.24, 2.45) is 0 Å². The molecule has 0 amide bonds. The Kier molecular flexibility index (Phi) is 2.60. The molecular weight excluding hydrogens is 260 g/mol. The summed E-state index contributed by atoms with van der Waals surface area (Å²) in [6, 6.07) is 16.7. The van der Waals surface area contributed by atoms with Gasteiger partial charge in [0.05, 0.1) is 18.3 Å². The first-order chi connectivity index (χ1) is 10.3. The molecule has 0 atom stereocenters. The molecule has 0 aliphatic heterocycles. The smallest absolute Gasteiger partial charge is 0.201 e. The van der Waals surface area contributed by atoms with Crippen LogP contribution >= 0.6 is 0 Å². The highest BCUT2D eigenvalue weighted by Crippen LogP contribution is 2.23. The minimum absolute atomic E-state index is 0.519. The molecule has 0 radical (unpaired) electrons. The maximum absolute atomic E-state index is 6.07. The Bertz CT molecular complexity index is 934. The van der Waals surface area contributed by atoms with Gasteiger partial charge >= 0.3 is 0 Å². The number of fused-ring (bicyclic) bond motifs is 2. The van der Waals surface area contributed by atoms with Crippen molar-refractivity contribution in [2.45, 2.75) is 6.54 Å². The zero-order valence-electron chi connectivity index (χ0n) is 11.4. The van der Waals surface area contributed by atoms with E-state index in [1.807, 2.05) is 10.6 Å². The number of pyridine rings is 1. The second kappa shape index (κ2) is 4.59. The molecule has 4 rings (SSSR count). The molecule has 0 bridgehead atoms. The summed E-state index contributed by atoms with van der Waals surface area (Å²) in [5.41, 5.74) is 9.14. The van der Waals surface area contributed by atoms with E-state index in [0.29, 0.717) is 12.5 Å². The number of imidazole rings is 1. The summed E-state index contributed by atoms with van der Waals surface area (Å²) in [6.45, 7) is 0.702. The van der Waals surface area contributed by atoms with Crippen LogP contribution in [0.15, 0.2) is 60.9 Å². The van der Waals surface area contributed by atoms with Crippen molar-refractivity contribution < 1.29 is 0 Å². The van der Waals surface area contributed by atoms with E-state index < -0.39 is 0 Å². The highest BCUT2D eigenvalue weighted by atomic mass is 15.2. The third-order valence-electron chi connectivity index (χ3n) is 3.79. The van der Waals surface area contributed by atoms with Crippen LogP contribution in [-0.2, 0) is 6.54 Å². The molecule has 0 aliphatic rings. The van der Waals surface area contributed by atoms with Crippen molar-refractivity contribution in [3.05, 3.63) is 66.5 Å². The summed E-state index contributed by atoms with van der Waals surface area (Å²) < 4.78 is 2.03. The lowest BCUT2D eigenvalue weighted by Crippen LogP contribution is -2.05. The molecule has 2 aromatic carbocycles. The maximum Gasteiger partial charge on any atom is 0.201 e. The van der Waals surface area contributed by atoms with E-state index in [-0.39, 0.29) is 0 Å². The van der Waals surface area contributed by atoms with E-state index in [9.17, 15) is 0 Å². The Morgan fingerprint density at radius 3 is 2.81 bits per heavy atom. The molecule has 0 spiro atoms. The van der Waals surface area contributed by atoms with Crippen LogP contribution in [0.5, 0.6) is 0 Å². The topological polar surface area (TPSA) is 56.7 Å². The zero-order valence-corrected chi connectivity index (χ0v) is 11.4. The first kappa shape index (κ1) is 11.9. The predicted molar refractivity (Wildman–Crippen MR) is 85.0 cm³/mol. The Labute approximate surface area is 121 Å². The standard InChI is InChI=1S/C17H14N4/c18-17-20-15-10-19-9-8-16(15)21(17)11-13-6-3-5-12-4-1-2-7-14(12)13/h1-10H,11H2,(H2,18,20). The van der Waals surface area contributed by atoms with Crippen molar-refractivity contribution in [2.75, 3.05) is 5.73 Å². The SMILES string of the molecule is Nc1nc2cnccc2n1Cc1cccc2ccccc12. The van der Waals surface area contributed by atoms with Crippen molar-refractivity contribution in [1.29, 1.82) is 0 Å². The Morgan fingerprint density at radius 1 is 1.00 bits per heavy atom. The van der Waals surface area contributed by atoms with E-state index in [2.05, 4.69) is 52.4 Å². The van der Waals surface area contributed by atoms with Gasteiger partial charge in [0.25, 0.3) is 0 Å². The summed E-state index contributed by atoms with van der Waals surface area (Å²) >= 11 is 0. The van der Waals surface area contributed by atoms with E-state index >= 15 is 0 Å². The van der Waals surface area contributed by atoms with E-state index in [1.165, 1.54) is 16.3 Å². The number of nitrogens with zero attached hydrogens (tertiary/aromatic N) is 3. The molecule has 21 heavy (non-hydrogen) atoms. The first-order valence-corrected chi connectivity index (χ1v) is 6.85. The fraction of sp³-hybridized carbons (Fsp3) is 0.0588. The van der Waals surface area contributed by atoms with Gasteiger partial charge in [-0.25, -0.2) is 4.98 Å². The highest BCUT2D eigenvalue weighted by molar-refractivity contribution is 5.86. The van der Waals surface area contributed by atoms with Crippen LogP contribution in [0, 0.1) is 0 Å². The average Bonchev–Trinajstić information content (AvgIpc) is 2.84. The van der Waals surface area contributed by atoms with Gasteiger partial charge in [0.2, 0.25) is 5.95 Å². The van der Waals surface area contributed by atoms with Gasteiger partial charge in [-0.2, -0.15) is 0 Å². The lowest BCUT2D eigenvalue weighted by Gasteiger charge is -2.09. The molecule has 102 valence electrons. The van der Waals surface area contributed by atoms with Crippen LogP contribution in [0.4, 0.5) is 5.95 Å². The third kappa shape index (κ3) is 1.92. The lowest BCUT2D eigenvalue weighted by atomic mass is 10.0. The van der Waals surface area contributed by atoms with Gasteiger partial charge < -0.3 is 10.3 Å². The first-order valence-electron chi connectivity index (χ1n) is 6.85. The summed E-state index contributed by atoms with van der Waals surface area (Å²) in [7, 11) is 0. The summed E-state index contributed by atoms with van der Waals surface area (Å²) in [4.78, 5) is 8.46. The number of benzene rings is 2. The van der Waals surface area contributed by atoms with Gasteiger partial charge in [0.1, 0.15) is 5.52 Å². The van der Waals surface area contributed by atoms with E-state index in [1.54, 1.807) is 12.4 Å². The fourth-order valence-electron chi connectivity index (χ4n) is 2.77. The molecule has 2 heterocycles. The molecule has 4 heteroatoms. The fourth-order valence-corrected chi connectivity index (χ4v) is 2.77. The molecular formula is C17H14N4. The average molecular weight is 274 g/mol. The predicted octanol–water partition coefficient (Wildman–Crippen LogP) is 3.22. The van der Waals surface area contributed by atoms with Gasteiger partial charge in [-0.05, 0) is 22.4 Å². The van der Waals surface area contributed by atoms with Gasteiger partial charge in [-0.15, -0.1) is 0 Å². The molecule has 0 aliphatic carbocycles. The molecule has 4 aromatic rings. The molecule has 2 aromatic heterocycles. The number of hydrogen-bond donors (Lipinski definition) is 1. The second-order valence-electron chi connectivity index (χ2n) is 5.06. The lowest BCUT2D eigenvalue weighted by molar-refractivity contribution is 0.844. The Morgan fingerprint density at radius 2 is 1.86 bits per heavy atom. The summed E-state index contributed by atoms with van der Waals surface area (Å²) in [5.74, 6) is 0.519. The highest BCUT2D eigenvalue weighted by Gasteiger charge is 2.09. The van der Waals surface area contributed by atoms with Crippen LogP contribution < -0.4 is 5.73 Å². The van der Waals surface area contributed by atoms with Crippen molar-refractivity contribution >= 4 is 27.8 Å². The number of nitrogen functional groups attached to an aromatic ring is 1. The molecule has 0 unspecified atom stereocenters. The number of aromatic nitrogens is 3. The third-order valence-corrected chi connectivity index (χ3v) is 3.79. The van der Waals surface area contributed by atoms with E-state index in [4.69, 9.17) is 5.73 Å². The maximum atomic E-state index is 6.07. The van der Waals surface area contributed by atoms with Crippen LogP contribution in [0.3, 0.4) is 0 Å². The quantitative estimate of drug-likeness (QED) is 0.610. The second-order valence-corrected chi connectivity index (χ2v) is 5.06. The largest absolute Gasteiger partial charge is 0.369 e. The Balaban J connectivity index is 1.89. The normalized spacial score (nSPS) is 11.2. The molecule has 0 saturated carbocycles. The number of anilines is 1. The van der Waals surface area contributed by atoms with Crippen molar-refractivity contribution in [1.82, 2.24) is 14.5 Å². The van der Waals surface area contributed by atoms with Gasteiger partial charge in [0.15, 0.2) is 0 Å². The minimum Gasteiger partial charge on any atom is -0.369 e. The summed E-state index contributed by atoms with van der Waals surface area (Å²) in [5, 5.41) is 2.48. The zero-order chi connectivity index (χ0) is 14.2. The molecule has 4 nitrogen and oxygen atoms in total. The van der Waals surface area contributed by atoms with Gasteiger partial charge in [-0.3, -0.25) is 4.98 Å². The molecule has 0 fully saturated rings. The van der Waals surface area contributed by atoms with Crippen LogP contribution in [0.1, 0.15) is 5.56 Å². The molecule has 2 N–H and O–H groups in total. The van der Waals surface area contributed by atoms with Crippen molar-refractivity contribution in [3.63, 3.8) is 0 Å². The number of rotatable bonds is 2. The number of hydrogen-bond acceptors (Lipinski definition) is 3. The van der Waals surface area contributed by atoms with Crippen molar-refractivity contribution in [3.8, 4) is 0 Å². The number of nitrogens with two attached hydrogens (primary N) is 1. The monoisotopic (exact) mass is 274 g/mol. The van der Waals surface area contributed by atoms with Crippen LogP contribution in [0.25, 0.3) is 21.8 Å². The summed E-state index contributed by atoms with van der Waals surface area (Å²) in [6.07, 6.45) is 3.51. The van der Waals surface area contributed by atoms with Gasteiger partial charge in [0, 0.05) is 6.20 Å². The van der Waals surface area contributed by atoms with Gasteiger partial charge in [-0.1, -0.05) is 42.5 Å². The minimum atomic E-state index is 0.519. The Hall–Kier alpha value is -2.88.